The minimum atomic E-state index is -0.852. The van der Waals surface area contributed by atoms with Gasteiger partial charge in [0.05, 0.1) is 23.8 Å². The lowest BCUT2D eigenvalue weighted by Gasteiger charge is -2.18. The third kappa shape index (κ3) is 5.63. The Morgan fingerprint density at radius 1 is 1.04 bits per heavy atom. The number of thioether (sulfide) groups is 1. The quantitative estimate of drug-likeness (QED) is 0.578. The van der Waals surface area contributed by atoms with Gasteiger partial charge >= 0.3 is 0 Å². The lowest BCUT2D eigenvalue weighted by Crippen LogP contribution is -2.29. The Hall–Kier alpha value is -2.21. The molecule has 1 heterocycles. The molecule has 0 fully saturated rings. The number of aliphatic hydroxyl groups excluding tert-OH is 1. The fourth-order valence-corrected chi connectivity index (χ4v) is 3.90. The van der Waals surface area contributed by atoms with Gasteiger partial charge in [-0.25, -0.2) is 0 Å². The summed E-state index contributed by atoms with van der Waals surface area (Å²) in [5, 5.41) is 13.4. The van der Waals surface area contributed by atoms with Crippen molar-refractivity contribution in [2.45, 2.75) is 11.4 Å². The summed E-state index contributed by atoms with van der Waals surface area (Å²) in [6, 6.07) is 21.1. The van der Waals surface area contributed by atoms with Crippen LogP contribution in [0.1, 0.15) is 28.2 Å². The summed E-state index contributed by atoms with van der Waals surface area (Å²) < 4.78 is 5.13. The van der Waals surface area contributed by atoms with Gasteiger partial charge in [0, 0.05) is 5.02 Å². The van der Waals surface area contributed by atoms with E-state index in [1.807, 2.05) is 54.6 Å². The second kappa shape index (κ2) is 9.65. The highest BCUT2D eigenvalue weighted by molar-refractivity contribution is 8.00. The minimum Gasteiger partial charge on any atom is -0.467 e. The second-order valence-corrected chi connectivity index (χ2v) is 7.52. The van der Waals surface area contributed by atoms with Crippen LogP contribution in [0.15, 0.2) is 77.4 Å². The molecular formula is C21H20ClNO3S. The molecule has 1 amide bonds. The third-order valence-electron chi connectivity index (χ3n) is 4.02. The van der Waals surface area contributed by atoms with E-state index in [1.165, 1.54) is 18.0 Å². The number of rotatable bonds is 8. The van der Waals surface area contributed by atoms with Crippen LogP contribution in [-0.2, 0) is 4.79 Å². The summed E-state index contributed by atoms with van der Waals surface area (Å²) in [5.74, 6) is 0.569. The predicted octanol–water partition coefficient (Wildman–Crippen LogP) is 4.61. The van der Waals surface area contributed by atoms with Gasteiger partial charge in [-0.05, 0) is 35.4 Å². The lowest BCUT2D eigenvalue weighted by molar-refractivity contribution is -0.119. The van der Waals surface area contributed by atoms with Gasteiger partial charge in [-0.1, -0.05) is 54.1 Å². The zero-order chi connectivity index (χ0) is 19.1. The monoisotopic (exact) mass is 401 g/mol. The van der Waals surface area contributed by atoms with Crippen LogP contribution in [-0.4, -0.2) is 23.3 Å². The molecule has 0 aliphatic heterocycles. The van der Waals surface area contributed by atoms with Crippen molar-refractivity contribution in [3.8, 4) is 0 Å². The molecule has 140 valence electrons. The van der Waals surface area contributed by atoms with E-state index in [0.717, 1.165) is 11.1 Å². The highest BCUT2D eigenvalue weighted by atomic mass is 35.5. The van der Waals surface area contributed by atoms with E-state index in [-0.39, 0.29) is 23.5 Å². The molecule has 3 aromatic rings. The summed E-state index contributed by atoms with van der Waals surface area (Å²) in [6.45, 7) is 0.115. The number of carbonyl (C=O) groups is 1. The van der Waals surface area contributed by atoms with Crippen molar-refractivity contribution in [1.29, 1.82) is 0 Å². The van der Waals surface area contributed by atoms with Gasteiger partial charge in [0.2, 0.25) is 5.91 Å². The van der Waals surface area contributed by atoms with Crippen molar-refractivity contribution >= 4 is 29.3 Å². The molecule has 0 aliphatic carbocycles. The summed E-state index contributed by atoms with van der Waals surface area (Å²) >= 11 is 7.53. The van der Waals surface area contributed by atoms with Crippen LogP contribution in [0.3, 0.4) is 0 Å². The molecule has 2 N–H and O–H groups in total. The standard InChI is InChI=1S/C21H20ClNO3S/c22-17-10-8-16(9-11-17)21(15-5-2-1-3-6-15)27-14-20(25)23-13-18(24)19-7-4-12-26-19/h1-12,18,21,24H,13-14H2,(H,23,25). The van der Waals surface area contributed by atoms with E-state index in [1.54, 1.807) is 12.1 Å². The molecule has 0 radical (unpaired) electrons. The molecule has 0 saturated heterocycles. The molecule has 3 rings (SSSR count). The van der Waals surface area contributed by atoms with Gasteiger partial charge in [0.25, 0.3) is 0 Å². The highest BCUT2D eigenvalue weighted by Crippen LogP contribution is 2.35. The average Bonchev–Trinajstić information content (AvgIpc) is 3.23. The normalized spacial score (nSPS) is 13.1. The number of hydrogen-bond acceptors (Lipinski definition) is 4. The SMILES string of the molecule is O=C(CSC(c1ccccc1)c1ccc(Cl)cc1)NCC(O)c1ccco1. The molecule has 1 aromatic heterocycles. The maximum absolute atomic E-state index is 12.2. The van der Waals surface area contributed by atoms with Crippen molar-refractivity contribution in [2.24, 2.45) is 0 Å². The van der Waals surface area contributed by atoms with E-state index in [0.29, 0.717) is 10.8 Å². The Kier molecular flexibility index (Phi) is 6.98. The number of furan rings is 1. The van der Waals surface area contributed by atoms with Gasteiger partial charge in [0.1, 0.15) is 11.9 Å². The zero-order valence-electron chi connectivity index (χ0n) is 14.5. The molecule has 0 saturated carbocycles. The fourth-order valence-electron chi connectivity index (χ4n) is 2.65. The van der Waals surface area contributed by atoms with Crippen LogP contribution < -0.4 is 5.32 Å². The van der Waals surface area contributed by atoms with E-state index in [4.69, 9.17) is 16.0 Å². The molecule has 27 heavy (non-hydrogen) atoms. The molecule has 6 heteroatoms. The van der Waals surface area contributed by atoms with Crippen molar-refractivity contribution in [1.82, 2.24) is 5.32 Å². The van der Waals surface area contributed by atoms with Crippen LogP contribution in [0.4, 0.5) is 0 Å². The molecule has 2 atom stereocenters. The Balaban J connectivity index is 1.61. The Morgan fingerprint density at radius 3 is 2.41 bits per heavy atom. The largest absolute Gasteiger partial charge is 0.467 e. The maximum atomic E-state index is 12.2. The summed E-state index contributed by atoms with van der Waals surface area (Å²) in [5.41, 5.74) is 2.20. The van der Waals surface area contributed by atoms with E-state index >= 15 is 0 Å². The Bertz CT molecular complexity index is 838. The topological polar surface area (TPSA) is 62.5 Å². The number of benzene rings is 2. The van der Waals surface area contributed by atoms with Crippen LogP contribution in [0, 0.1) is 0 Å². The number of carbonyl (C=O) groups excluding carboxylic acids is 1. The number of hydrogen-bond donors (Lipinski definition) is 2. The van der Waals surface area contributed by atoms with Crippen molar-refractivity contribution < 1.29 is 14.3 Å². The number of amides is 1. The number of halogens is 1. The smallest absolute Gasteiger partial charge is 0.230 e. The first-order chi connectivity index (χ1) is 13.1. The molecule has 0 spiro atoms. The highest BCUT2D eigenvalue weighted by Gasteiger charge is 2.17. The molecule has 2 aromatic carbocycles. The first kappa shape index (κ1) is 19.5. The average molecular weight is 402 g/mol. The molecule has 4 nitrogen and oxygen atoms in total. The van der Waals surface area contributed by atoms with Gasteiger partial charge < -0.3 is 14.8 Å². The minimum absolute atomic E-state index is 0.0178. The Morgan fingerprint density at radius 2 is 1.74 bits per heavy atom. The molecule has 0 aliphatic rings. The second-order valence-electron chi connectivity index (χ2n) is 5.99. The predicted molar refractivity (Wildman–Crippen MR) is 109 cm³/mol. The Labute approximate surface area is 167 Å². The van der Waals surface area contributed by atoms with E-state index < -0.39 is 6.10 Å². The zero-order valence-corrected chi connectivity index (χ0v) is 16.1. The van der Waals surface area contributed by atoms with E-state index in [2.05, 4.69) is 5.32 Å². The summed E-state index contributed by atoms with van der Waals surface area (Å²) in [6.07, 6.45) is 0.641. The van der Waals surface area contributed by atoms with E-state index in [9.17, 15) is 9.90 Å². The van der Waals surface area contributed by atoms with Crippen LogP contribution in [0.2, 0.25) is 5.02 Å². The first-order valence-corrected chi connectivity index (χ1v) is 9.96. The van der Waals surface area contributed by atoms with Gasteiger partial charge in [-0.15, -0.1) is 11.8 Å². The van der Waals surface area contributed by atoms with Crippen LogP contribution in [0.25, 0.3) is 0 Å². The van der Waals surface area contributed by atoms with Crippen LogP contribution in [0.5, 0.6) is 0 Å². The van der Waals surface area contributed by atoms with Gasteiger partial charge in [-0.2, -0.15) is 0 Å². The molecule has 0 bridgehead atoms. The number of nitrogens with one attached hydrogen (secondary N) is 1. The number of aliphatic hydroxyl groups is 1. The first-order valence-electron chi connectivity index (χ1n) is 8.53. The van der Waals surface area contributed by atoms with Crippen molar-refractivity contribution in [2.75, 3.05) is 12.3 Å². The lowest BCUT2D eigenvalue weighted by atomic mass is 10.0. The van der Waals surface area contributed by atoms with Crippen molar-refractivity contribution in [3.05, 3.63) is 94.9 Å². The maximum Gasteiger partial charge on any atom is 0.230 e. The van der Waals surface area contributed by atoms with Crippen molar-refractivity contribution in [3.63, 3.8) is 0 Å². The van der Waals surface area contributed by atoms with Gasteiger partial charge in [0.15, 0.2) is 0 Å². The summed E-state index contributed by atoms with van der Waals surface area (Å²) in [7, 11) is 0. The van der Waals surface area contributed by atoms with Crippen LogP contribution >= 0.6 is 23.4 Å². The fraction of sp³-hybridized carbons (Fsp3) is 0.190. The summed E-state index contributed by atoms with van der Waals surface area (Å²) in [4.78, 5) is 12.2. The van der Waals surface area contributed by atoms with Gasteiger partial charge in [-0.3, -0.25) is 4.79 Å². The third-order valence-corrected chi connectivity index (χ3v) is 5.58. The molecule has 2 unspecified atom stereocenters. The molecular weight excluding hydrogens is 382 g/mol.